The molecule has 1 aliphatic heterocycles. The number of nitrogens with one attached hydrogen (secondary N) is 1. The van der Waals surface area contributed by atoms with Gasteiger partial charge in [0.05, 0.1) is 6.61 Å². The van der Waals surface area contributed by atoms with Crippen LogP contribution in [-0.4, -0.2) is 53.1 Å². The standard InChI is InChI=1S/C10H16N4O4S2/c1-7(16)11-9-12-13-10(19-9)20(17,18)14-5-3-2-4-8(14)6-15/h8,15H,2-6H2,1H3,(H,11,12,16). The SMILES string of the molecule is CC(=O)Nc1nnc(S(=O)(=O)N2CCCCC2CO)s1. The number of sulfonamides is 1. The van der Waals surface area contributed by atoms with Crippen LogP contribution in [0, 0.1) is 0 Å². The zero-order chi connectivity index (χ0) is 14.8. The Hall–Kier alpha value is -1.10. The van der Waals surface area contributed by atoms with E-state index in [-0.39, 0.29) is 22.0 Å². The van der Waals surface area contributed by atoms with Crippen LogP contribution in [0.5, 0.6) is 0 Å². The Bertz CT molecular complexity index is 586. The quantitative estimate of drug-likeness (QED) is 0.757. The average Bonchev–Trinajstić information content (AvgIpc) is 2.87. The monoisotopic (exact) mass is 320 g/mol. The van der Waals surface area contributed by atoms with Crippen LogP contribution in [0.1, 0.15) is 26.2 Å². The number of anilines is 1. The minimum Gasteiger partial charge on any atom is -0.395 e. The lowest BCUT2D eigenvalue weighted by atomic mass is 10.1. The van der Waals surface area contributed by atoms with Gasteiger partial charge in [0.1, 0.15) is 0 Å². The molecule has 112 valence electrons. The Morgan fingerprint density at radius 3 is 2.90 bits per heavy atom. The number of aromatic nitrogens is 2. The number of carbonyl (C=O) groups is 1. The highest BCUT2D eigenvalue weighted by atomic mass is 32.2. The molecular formula is C10H16N4O4S2. The predicted molar refractivity (Wildman–Crippen MR) is 72.8 cm³/mol. The fourth-order valence-electron chi connectivity index (χ4n) is 2.09. The van der Waals surface area contributed by atoms with Crippen LogP contribution < -0.4 is 5.32 Å². The highest BCUT2D eigenvalue weighted by Crippen LogP contribution is 2.28. The van der Waals surface area contributed by atoms with Crippen LogP contribution in [0.15, 0.2) is 4.34 Å². The molecule has 1 fully saturated rings. The van der Waals surface area contributed by atoms with Gasteiger partial charge in [-0.25, -0.2) is 8.42 Å². The summed E-state index contributed by atoms with van der Waals surface area (Å²) >= 11 is 0.809. The second-order valence-corrected chi connectivity index (χ2v) is 7.54. The van der Waals surface area contributed by atoms with Crippen LogP contribution in [0.2, 0.25) is 0 Å². The summed E-state index contributed by atoms with van der Waals surface area (Å²) in [6, 6.07) is -0.415. The zero-order valence-electron chi connectivity index (χ0n) is 10.9. The third-order valence-corrected chi connectivity index (χ3v) is 6.14. The highest BCUT2D eigenvalue weighted by Gasteiger charge is 2.35. The molecule has 1 aromatic heterocycles. The van der Waals surface area contributed by atoms with Gasteiger partial charge in [0.2, 0.25) is 15.4 Å². The molecule has 0 aliphatic carbocycles. The van der Waals surface area contributed by atoms with E-state index in [2.05, 4.69) is 15.5 Å². The number of nitrogens with zero attached hydrogens (tertiary/aromatic N) is 3. The smallest absolute Gasteiger partial charge is 0.272 e. The summed E-state index contributed by atoms with van der Waals surface area (Å²) in [6.45, 7) is 1.46. The number of amides is 1. The summed E-state index contributed by atoms with van der Waals surface area (Å²) < 4.78 is 26.0. The number of hydrogen-bond donors (Lipinski definition) is 2. The van der Waals surface area contributed by atoms with E-state index in [0.717, 1.165) is 24.2 Å². The van der Waals surface area contributed by atoms with E-state index in [9.17, 15) is 18.3 Å². The Morgan fingerprint density at radius 2 is 2.25 bits per heavy atom. The first-order valence-corrected chi connectivity index (χ1v) is 8.44. The van der Waals surface area contributed by atoms with Gasteiger partial charge in [-0.2, -0.15) is 4.31 Å². The summed E-state index contributed by atoms with van der Waals surface area (Å²) in [7, 11) is -3.77. The van der Waals surface area contributed by atoms with E-state index in [4.69, 9.17) is 0 Å². The fourth-order valence-corrected chi connectivity index (χ4v) is 4.84. The number of carbonyl (C=O) groups excluding carboxylic acids is 1. The highest BCUT2D eigenvalue weighted by molar-refractivity contribution is 7.91. The Balaban J connectivity index is 2.24. The summed E-state index contributed by atoms with van der Waals surface area (Å²) in [6.07, 6.45) is 2.28. The van der Waals surface area contributed by atoms with E-state index in [0.29, 0.717) is 13.0 Å². The molecule has 1 atom stereocenters. The van der Waals surface area contributed by atoms with Gasteiger partial charge < -0.3 is 10.4 Å². The molecule has 1 amide bonds. The lowest BCUT2D eigenvalue weighted by molar-refractivity contribution is -0.114. The molecule has 2 N–H and O–H groups in total. The van der Waals surface area contributed by atoms with E-state index < -0.39 is 16.1 Å². The zero-order valence-corrected chi connectivity index (χ0v) is 12.6. The number of aliphatic hydroxyl groups excluding tert-OH is 1. The second-order valence-electron chi connectivity index (χ2n) is 4.50. The molecule has 0 aromatic carbocycles. The number of aliphatic hydroxyl groups is 1. The molecule has 20 heavy (non-hydrogen) atoms. The van der Waals surface area contributed by atoms with Gasteiger partial charge in [0.15, 0.2) is 0 Å². The van der Waals surface area contributed by atoms with Gasteiger partial charge in [-0.15, -0.1) is 10.2 Å². The van der Waals surface area contributed by atoms with Crippen molar-refractivity contribution < 1.29 is 18.3 Å². The normalized spacial score (nSPS) is 20.8. The van der Waals surface area contributed by atoms with E-state index in [1.807, 2.05) is 0 Å². The molecule has 1 saturated heterocycles. The third kappa shape index (κ3) is 3.14. The maximum atomic E-state index is 12.5. The van der Waals surface area contributed by atoms with Crippen LogP contribution in [0.3, 0.4) is 0 Å². The van der Waals surface area contributed by atoms with E-state index in [1.54, 1.807) is 0 Å². The van der Waals surface area contributed by atoms with Crippen molar-refractivity contribution in [2.24, 2.45) is 0 Å². The largest absolute Gasteiger partial charge is 0.395 e. The Morgan fingerprint density at radius 1 is 1.50 bits per heavy atom. The lowest BCUT2D eigenvalue weighted by Gasteiger charge is -2.32. The van der Waals surface area contributed by atoms with Crippen molar-refractivity contribution in [3.63, 3.8) is 0 Å². The molecule has 0 saturated carbocycles. The molecule has 0 radical (unpaired) electrons. The van der Waals surface area contributed by atoms with Gasteiger partial charge >= 0.3 is 0 Å². The van der Waals surface area contributed by atoms with Crippen molar-refractivity contribution in [2.45, 2.75) is 36.6 Å². The maximum Gasteiger partial charge on any atom is 0.272 e. The first-order valence-electron chi connectivity index (χ1n) is 6.19. The molecule has 2 heterocycles. The molecule has 0 bridgehead atoms. The Kier molecular flexibility index (Phi) is 4.68. The first kappa shape index (κ1) is 15.3. The van der Waals surface area contributed by atoms with Gasteiger partial charge in [0, 0.05) is 19.5 Å². The molecule has 1 unspecified atom stereocenters. The molecule has 10 heteroatoms. The first-order chi connectivity index (χ1) is 9.45. The second kappa shape index (κ2) is 6.12. The van der Waals surface area contributed by atoms with Gasteiger partial charge in [0.25, 0.3) is 10.0 Å². The molecule has 1 aromatic rings. The van der Waals surface area contributed by atoms with Crippen molar-refractivity contribution in [3.05, 3.63) is 0 Å². The molecule has 2 rings (SSSR count). The lowest BCUT2D eigenvalue weighted by Crippen LogP contribution is -2.45. The van der Waals surface area contributed by atoms with Crippen molar-refractivity contribution >= 4 is 32.4 Å². The van der Waals surface area contributed by atoms with E-state index in [1.165, 1.54) is 11.2 Å². The van der Waals surface area contributed by atoms with Crippen molar-refractivity contribution in [1.29, 1.82) is 0 Å². The molecule has 1 aliphatic rings. The maximum absolute atomic E-state index is 12.5. The molecule has 0 spiro atoms. The van der Waals surface area contributed by atoms with Gasteiger partial charge in [-0.3, -0.25) is 4.79 Å². The van der Waals surface area contributed by atoms with Gasteiger partial charge in [-0.05, 0) is 12.8 Å². The van der Waals surface area contributed by atoms with Gasteiger partial charge in [-0.1, -0.05) is 17.8 Å². The average molecular weight is 320 g/mol. The van der Waals surface area contributed by atoms with Crippen molar-refractivity contribution in [1.82, 2.24) is 14.5 Å². The van der Waals surface area contributed by atoms with Crippen molar-refractivity contribution in [2.75, 3.05) is 18.5 Å². The summed E-state index contributed by atoms with van der Waals surface area (Å²) in [5, 5.41) is 19.1. The predicted octanol–water partition coefficient (Wildman–Crippen LogP) is 0.0320. The fraction of sp³-hybridized carbons (Fsp3) is 0.700. The van der Waals surface area contributed by atoms with Crippen molar-refractivity contribution in [3.8, 4) is 0 Å². The topological polar surface area (TPSA) is 112 Å². The summed E-state index contributed by atoms with van der Waals surface area (Å²) in [5.41, 5.74) is 0. The molecular weight excluding hydrogens is 304 g/mol. The number of piperidine rings is 1. The van der Waals surface area contributed by atoms with Crippen LogP contribution >= 0.6 is 11.3 Å². The van der Waals surface area contributed by atoms with E-state index >= 15 is 0 Å². The third-order valence-electron chi connectivity index (χ3n) is 3.00. The minimum atomic E-state index is -3.77. The summed E-state index contributed by atoms with van der Waals surface area (Å²) in [4.78, 5) is 10.9. The van der Waals surface area contributed by atoms with Crippen LogP contribution in [-0.2, 0) is 14.8 Å². The van der Waals surface area contributed by atoms with Crippen LogP contribution in [0.4, 0.5) is 5.13 Å². The number of hydrogen-bond acceptors (Lipinski definition) is 7. The summed E-state index contributed by atoms with van der Waals surface area (Å²) in [5.74, 6) is -0.337. The minimum absolute atomic E-state index is 0.147. The van der Waals surface area contributed by atoms with Crippen LogP contribution in [0.25, 0.3) is 0 Å². The Labute approximate surface area is 120 Å². The molecule has 8 nitrogen and oxygen atoms in total. The number of rotatable bonds is 4.